The van der Waals surface area contributed by atoms with E-state index in [1.165, 1.54) is 12.1 Å². The maximum atomic E-state index is 13.3. The molecule has 1 heterocycles. The van der Waals surface area contributed by atoms with Crippen molar-refractivity contribution in [2.45, 2.75) is 64.6 Å². The molecule has 148 valence electrons. The van der Waals surface area contributed by atoms with Crippen molar-refractivity contribution in [2.75, 3.05) is 13.2 Å². The molecule has 5 nitrogen and oxygen atoms in total. The summed E-state index contributed by atoms with van der Waals surface area (Å²) in [6, 6.07) is 2.06. The summed E-state index contributed by atoms with van der Waals surface area (Å²) >= 11 is 0. The molecule has 1 saturated heterocycles. The number of aliphatic hydroxyl groups is 1. The molecule has 0 spiro atoms. The highest BCUT2D eigenvalue weighted by molar-refractivity contribution is 5.19. The van der Waals surface area contributed by atoms with Crippen LogP contribution in [0.1, 0.15) is 33.3 Å². The predicted octanol–water partition coefficient (Wildman–Crippen LogP) is 1.96. The van der Waals surface area contributed by atoms with E-state index in [2.05, 4.69) is 26.1 Å². The van der Waals surface area contributed by atoms with Gasteiger partial charge in [0.25, 0.3) is 0 Å². The molecule has 0 aliphatic carbocycles. The highest BCUT2D eigenvalue weighted by Crippen LogP contribution is 2.19. The van der Waals surface area contributed by atoms with Crippen LogP contribution in [-0.2, 0) is 15.9 Å². The van der Waals surface area contributed by atoms with E-state index in [9.17, 15) is 13.9 Å². The second-order valence-electron chi connectivity index (χ2n) is 8.27. The Bertz CT molecular complexity index is 574. The van der Waals surface area contributed by atoms with Gasteiger partial charge in [-0.05, 0) is 36.5 Å². The second-order valence-corrected chi connectivity index (χ2v) is 8.27. The third-order valence-electron chi connectivity index (χ3n) is 4.25. The molecule has 1 aromatic carbocycles. The van der Waals surface area contributed by atoms with Crippen molar-refractivity contribution in [1.82, 2.24) is 5.32 Å². The molecule has 7 heteroatoms. The Kier molecular flexibility index (Phi) is 7.10. The van der Waals surface area contributed by atoms with Crippen LogP contribution in [0.25, 0.3) is 0 Å². The van der Waals surface area contributed by atoms with Crippen molar-refractivity contribution in [1.29, 1.82) is 0 Å². The first-order chi connectivity index (χ1) is 12.0. The zero-order valence-electron chi connectivity index (χ0n) is 15.8. The normalized spacial score (nSPS) is 26.5. The van der Waals surface area contributed by atoms with E-state index in [4.69, 9.17) is 15.2 Å². The highest BCUT2D eigenvalue weighted by atomic mass is 19.1. The predicted molar refractivity (Wildman–Crippen MR) is 95.6 cm³/mol. The summed E-state index contributed by atoms with van der Waals surface area (Å²) in [6.07, 6.45) is -1.16. The van der Waals surface area contributed by atoms with E-state index in [0.29, 0.717) is 12.2 Å². The smallest absolute Gasteiger partial charge is 0.172 e. The summed E-state index contributed by atoms with van der Waals surface area (Å²) in [4.78, 5) is 0. The van der Waals surface area contributed by atoms with Gasteiger partial charge in [-0.25, -0.2) is 8.78 Å². The summed E-state index contributed by atoms with van der Waals surface area (Å²) in [7, 11) is 0. The fourth-order valence-corrected chi connectivity index (χ4v) is 2.95. The number of nitrogens with two attached hydrogens (primary N) is 1. The number of halogens is 2. The van der Waals surface area contributed by atoms with Crippen molar-refractivity contribution < 1.29 is 23.4 Å². The van der Waals surface area contributed by atoms with Crippen molar-refractivity contribution in [3.63, 3.8) is 0 Å². The molecule has 1 aliphatic heterocycles. The molecule has 0 bridgehead atoms. The van der Waals surface area contributed by atoms with Gasteiger partial charge in [0.15, 0.2) is 6.29 Å². The lowest BCUT2D eigenvalue weighted by atomic mass is 9.96. The van der Waals surface area contributed by atoms with Crippen LogP contribution in [0.2, 0.25) is 0 Å². The quantitative estimate of drug-likeness (QED) is 0.712. The molecule has 1 aromatic rings. The lowest BCUT2D eigenvalue weighted by Gasteiger charge is -2.39. The molecule has 1 aliphatic rings. The van der Waals surface area contributed by atoms with Crippen LogP contribution < -0.4 is 11.1 Å². The third-order valence-corrected chi connectivity index (χ3v) is 4.25. The van der Waals surface area contributed by atoms with E-state index in [1.807, 2.05) is 6.92 Å². The third kappa shape index (κ3) is 6.25. The van der Waals surface area contributed by atoms with E-state index in [0.717, 1.165) is 6.07 Å². The molecular weight excluding hydrogens is 342 g/mol. The Morgan fingerprint density at radius 1 is 1.31 bits per heavy atom. The van der Waals surface area contributed by atoms with Crippen LogP contribution in [0.4, 0.5) is 8.78 Å². The minimum atomic E-state index is -0.924. The van der Waals surface area contributed by atoms with Gasteiger partial charge in [0, 0.05) is 12.1 Å². The molecule has 2 rings (SSSR count). The summed E-state index contributed by atoms with van der Waals surface area (Å²) < 4.78 is 38.1. The van der Waals surface area contributed by atoms with Crippen molar-refractivity contribution in [3.05, 3.63) is 35.4 Å². The minimum Gasteiger partial charge on any atom is -0.390 e. The molecule has 1 unspecified atom stereocenters. The molecule has 1 fully saturated rings. The molecule has 5 atom stereocenters. The Morgan fingerprint density at radius 2 is 1.92 bits per heavy atom. The number of rotatable bonds is 6. The minimum absolute atomic E-state index is 0.0298. The number of morpholine rings is 1. The van der Waals surface area contributed by atoms with E-state index in [1.54, 1.807) is 0 Å². The zero-order chi connectivity index (χ0) is 19.5. The monoisotopic (exact) mass is 372 g/mol. The molecule has 0 aromatic heterocycles. The first-order valence-electron chi connectivity index (χ1n) is 8.93. The van der Waals surface area contributed by atoms with E-state index >= 15 is 0 Å². The topological polar surface area (TPSA) is 76.7 Å². The summed E-state index contributed by atoms with van der Waals surface area (Å²) in [5.74, 6) is -1.32. The molecule has 4 N–H and O–H groups in total. The average Bonchev–Trinajstić information content (AvgIpc) is 2.51. The fourth-order valence-electron chi connectivity index (χ4n) is 2.95. The van der Waals surface area contributed by atoms with Gasteiger partial charge in [-0.2, -0.15) is 0 Å². The summed E-state index contributed by atoms with van der Waals surface area (Å²) in [6.45, 7) is 8.95. The maximum absolute atomic E-state index is 13.3. The molecular formula is C19H30F2N2O3. The molecule has 0 amide bonds. The van der Waals surface area contributed by atoms with Crippen LogP contribution in [0.15, 0.2) is 18.2 Å². The Morgan fingerprint density at radius 3 is 2.46 bits per heavy atom. The van der Waals surface area contributed by atoms with Gasteiger partial charge in [-0.15, -0.1) is 0 Å². The Balaban J connectivity index is 1.88. The largest absolute Gasteiger partial charge is 0.390 e. The van der Waals surface area contributed by atoms with Gasteiger partial charge in [0.05, 0.1) is 31.4 Å². The second kappa shape index (κ2) is 8.71. The zero-order valence-corrected chi connectivity index (χ0v) is 15.8. The van der Waals surface area contributed by atoms with Crippen molar-refractivity contribution in [2.24, 2.45) is 11.1 Å². The fraction of sp³-hybridized carbons (Fsp3) is 0.684. The van der Waals surface area contributed by atoms with Crippen molar-refractivity contribution >= 4 is 0 Å². The van der Waals surface area contributed by atoms with Crippen LogP contribution >= 0.6 is 0 Å². The van der Waals surface area contributed by atoms with E-state index in [-0.39, 0.29) is 30.5 Å². The molecule has 0 radical (unpaired) electrons. The summed E-state index contributed by atoms with van der Waals surface area (Å²) in [5.41, 5.74) is 6.49. The molecule has 0 saturated carbocycles. The van der Waals surface area contributed by atoms with Crippen LogP contribution in [0.5, 0.6) is 0 Å². The number of hydrogen-bond acceptors (Lipinski definition) is 5. The number of benzene rings is 1. The Labute approximate surface area is 153 Å². The van der Waals surface area contributed by atoms with Crippen LogP contribution in [0, 0.1) is 17.0 Å². The SMILES string of the molecule is C[C@@H]1N[C@@H]([C@@H](O)[C@@H](N)Cc2cc(F)cc(F)c2)COC1OCC(C)(C)C. The number of hydrogen-bond donors (Lipinski definition) is 3. The summed E-state index contributed by atoms with van der Waals surface area (Å²) in [5, 5.41) is 13.8. The maximum Gasteiger partial charge on any atom is 0.172 e. The van der Waals surface area contributed by atoms with E-state index < -0.39 is 30.1 Å². The number of ether oxygens (including phenoxy) is 2. The van der Waals surface area contributed by atoms with Gasteiger partial charge in [0.2, 0.25) is 0 Å². The Hall–Kier alpha value is -1.12. The first kappa shape index (κ1) is 21.2. The van der Waals surface area contributed by atoms with Gasteiger partial charge in [-0.1, -0.05) is 20.8 Å². The van der Waals surface area contributed by atoms with Gasteiger partial charge in [0.1, 0.15) is 11.6 Å². The average molecular weight is 372 g/mol. The lowest BCUT2D eigenvalue weighted by molar-refractivity contribution is -0.200. The van der Waals surface area contributed by atoms with Gasteiger partial charge >= 0.3 is 0 Å². The highest BCUT2D eigenvalue weighted by Gasteiger charge is 2.35. The lowest BCUT2D eigenvalue weighted by Crippen LogP contribution is -2.61. The standard InChI is InChI=1S/C19H30F2N2O3/c1-11-18(26-10-19(2,3)4)25-9-16(23-11)17(24)15(22)7-12-5-13(20)8-14(21)6-12/h5-6,8,11,15-18,23-24H,7,9-10,22H2,1-4H3/t11-,15-,16+,17-,18?/m0/s1. The van der Waals surface area contributed by atoms with Gasteiger partial charge < -0.3 is 25.6 Å². The number of aliphatic hydroxyl groups excluding tert-OH is 1. The van der Waals surface area contributed by atoms with Crippen LogP contribution in [-0.4, -0.2) is 48.8 Å². The van der Waals surface area contributed by atoms with Crippen LogP contribution in [0.3, 0.4) is 0 Å². The van der Waals surface area contributed by atoms with Crippen molar-refractivity contribution in [3.8, 4) is 0 Å². The first-order valence-corrected chi connectivity index (χ1v) is 8.93. The molecule has 26 heavy (non-hydrogen) atoms. The van der Waals surface area contributed by atoms with Gasteiger partial charge in [-0.3, -0.25) is 0 Å². The number of nitrogens with one attached hydrogen (secondary N) is 1.